The SMILES string of the molecule is CC(C=CCCCCCCCOc1ccc2cc(Br)ccc2n1)=C(F)C(=O)NCC(C)C. The Hall–Kier alpha value is -2.21. The number of pyridine rings is 1. The maximum Gasteiger partial charge on any atom is 0.280 e. The van der Waals surface area contributed by atoms with E-state index in [9.17, 15) is 9.18 Å². The van der Waals surface area contributed by atoms with E-state index < -0.39 is 11.7 Å². The van der Waals surface area contributed by atoms with E-state index in [1.807, 2.05) is 50.3 Å². The molecule has 1 heterocycles. The van der Waals surface area contributed by atoms with Crippen LogP contribution in [0.2, 0.25) is 0 Å². The summed E-state index contributed by atoms with van der Waals surface area (Å²) in [4.78, 5) is 16.2. The second-order valence-corrected chi connectivity index (χ2v) is 9.31. The van der Waals surface area contributed by atoms with Gasteiger partial charge >= 0.3 is 0 Å². The highest BCUT2D eigenvalue weighted by Gasteiger charge is 2.10. The van der Waals surface area contributed by atoms with E-state index in [1.54, 1.807) is 13.0 Å². The van der Waals surface area contributed by atoms with Crippen LogP contribution in [0, 0.1) is 5.92 Å². The van der Waals surface area contributed by atoms with Gasteiger partial charge in [-0.15, -0.1) is 0 Å². The van der Waals surface area contributed by atoms with Crippen LogP contribution in [0.25, 0.3) is 10.9 Å². The van der Waals surface area contributed by atoms with E-state index in [4.69, 9.17) is 4.74 Å². The normalized spacial score (nSPS) is 12.4. The summed E-state index contributed by atoms with van der Waals surface area (Å²) in [6.45, 7) is 6.72. The van der Waals surface area contributed by atoms with Crippen molar-refractivity contribution in [2.24, 2.45) is 5.92 Å². The number of ether oxygens (including phenoxy) is 1. The van der Waals surface area contributed by atoms with Crippen molar-refractivity contribution in [2.75, 3.05) is 13.2 Å². The fourth-order valence-corrected chi connectivity index (χ4v) is 3.50. The number of fused-ring (bicyclic) bond motifs is 1. The summed E-state index contributed by atoms with van der Waals surface area (Å²) < 4.78 is 20.8. The lowest BCUT2D eigenvalue weighted by atomic mass is 10.1. The van der Waals surface area contributed by atoms with Crippen LogP contribution in [-0.4, -0.2) is 24.0 Å². The molecule has 1 aromatic carbocycles. The lowest BCUT2D eigenvalue weighted by Crippen LogP contribution is -2.27. The number of hydrogen-bond donors (Lipinski definition) is 1. The molecule has 0 aliphatic carbocycles. The van der Waals surface area contributed by atoms with Crippen LogP contribution in [-0.2, 0) is 4.79 Å². The topological polar surface area (TPSA) is 51.2 Å². The van der Waals surface area contributed by atoms with E-state index in [0.717, 1.165) is 53.9 Å². The zero-order valence-electron chi connectivity index (χ0n) is 19.3. The van der Waals surface area contributed by atoms with Gasteiger partial charge in [-0.25, -0.2) is 9.37 Å². The van der Waals surface area contributed by atoms with Crippen molar-refractivity contribution < 1.29 is 13.9 Å². The summed E-state index contributed by atoms with van der Waals surface area (Å²) in [6.07, 6.45) is 9.93. The third-order valence-electron chi connectivity index (χ3n) is 4.98. The second kappa shape index (κ2) is 14.0. The Bertz CT molecular complexity index is 941. The van der Waals surface area contributed by atoms with Crippen LogP contribution >= 0.6 is 15.9 Å². The lowest BCUT2D eigenvalue weighted by Gasteiger charge is -2.07. The summed E-state index contributed by atoms with van der Waals surface area (Å²) in [5, 5.41) is 3.68. The second-order valence-electron chi connectivity index (χ2n) is 8.39. The first kappa shape index (κ1) is 26.0. The molecule has 0 bridgehead atoms. The van der Waals surface area contributed by atoms with Crippen molar-refractivity contribution in [2.45, 2.75) is 59.3 Å². The number of hydrogen-bond acceptors (Lipinski definition) is 3. The van der Waals surface area contributed by atoms with Gasteiger partial charge in [0.05, 0.1) is 12.1 Å². The number of amides is 1. The van der Waals surface area contributed by atoms with E-state index in [-0.39, 0.29) is 0 Å². The molecule has 0 atom stereocenters. The van der Waals surface area contributed by atoms with E-state index >= 15 is 0 Å². The minimum absolute atomic E-state index is 0.298. The van der Waals surface area contributed by atoms with Gasteiger partial charge in [0.15, 0.2) is 5.83 Å². The quantitative estimate of drug-likeness (QED) is 0.177. The molecule has 174 valence electrons. The molecule has 0 radical (unpaired) electrons. The Kier molecular flexibility index (Phi) is 11.4. The molecular weight excluding hydrogens is 471 g/mol. The molecule has 1 aromatic heterocycles. The van der Waals surface area contributed by atoms with Crippen LogP contribution in [0.5, 0.6) is 5.88 Å². The molecule has 0 fully saturated rings. The smallest absolute Gasteiger partial charge is 0.280 e. The third-order valence-corrected chi connectivity index (χ3v) is 5.47. The highest BCUT2D eigenvalue weighted by molar-refractivity contribution is 9.10. The number of benzene rings is 1. The van der Waals surface area contributed by atoms with Crippen molar-refractivity contribution in [1.82, 2.24) is 10.3 Å². The molecule has 1 amide bonds. The molecule has 0 saturated carbocycles. The number of rotatable bonds is 13. The zero-order valence-corrected chi connectivity index (χ0v) is 20.9. The molecule has 1 N–H and O–H groups in total. The molecular formula is C26H34BrFN2O2. The summed E-state index contributed by atoms with van der Waals surface area (Å²) in [6, 6.07) is 9.94. The van der Waals surface area contributed by atoms with E-state index in [2.05, 4.69) is 26.2 Å². The van der Waals surface area contributed by atoms with E-state index in [0.29, 0.717) is 30.5 Å². The van der Waals surface area contributed by atoms with Gasteiger partial charge in [0.2, 0.25) is 5.88 Å². The lowest BCUT2D eigenvalue weighted by molar-refractivity contribution is -0.119. The van der Waals surface area contributed by atoms with Gasteiger partial charge in [-0.3, -0.25) is 4.79 Å². The van der Waals surface area contributed by atoms with Crippen molar-refractivity contribution >= 4 is 32.7 Å². The first-order chi connectivity index (χ1) is 15.4. The highest BCUT2D eigenvalue weighted by atomic mass is 79.9. The minimum Gasteiger partial charge on any atom is -0.478 e. The Morgan fingerprint density at radius 3 is 2.69 bits per heavy atom. The summed E-state index contributed by atoms with van der Waals surface area (Å²) in [5.41, 5.74) is 1.30. The molecule has 2 rings (SSSR count). The molecule has 4 nitrogen and oxygen atoms in total. The zero-order chi connectivity index (χ0) is 23.3. The Labute approximate surface area is 199 Å². The minimum atomic E-state index is -0.698. The van der Waals surface area contributed by atoms with Gasteiger partial charge < -0.3 is 10.1 Å². The van der Waals surface area contributed by atoms with Crippen molar-refractivity contribution in [3.05, 3.63) is 58.4 Å². The molecule has 0 unspecified atom stereocenters. The predicted molar refractivity (Wildman–Crippen MR) is 133 cm³/mol. The van der Waals surface area contributed by atoms with Crippen molar-refractivity contribution in [3.63, 3.8) is 0 Å². The van der Waals surface area contributed by atoms with Gasteiger partial charge in [0, 0.05) is 22.5 Å². The summed E-state index contributed by atoms with van der Waals surface area (Å²) in [7, 11) is 0. The van der Waals surface area contributed by atoms with Gasteiger partial charge in [-0.2, -0.15) is 0 Å². The van der Waals surface area contributed by atoms with Gasteiger partial charge in [-0.05, 0) is 61.9 Å². The van der Waals surface area contributed by atoms with Crippen molar-refractivity contribution in [3.8, 4) is 5.88 Å². The molecule has 6 heteroatoms. The van der Waals surface area contributed by atoms with Crippen LogP contribution in [0.1, 0.15) is 59.3 Å². The molecule has 0 spiro atoms. The Morgan fingerprint density at radius 2 is 1.91 bits per heavy atom. The predicted octanol–water partition coefficient (Wildman–Crippen LogP) is 7.29. The molecule has 2 aromatic rings. The number of nitrogens with one attached hydrogen (secondary N) is 1. The van der Waals surface area contributed by atoms with Crippen molar-refractivity contribution in [1.29, 1.82) is 0 Å². The summed E-state index contributed by atoms with van der Waals surface area (Å²) in [5.74, 6) is -0.364. The first-order valence-corrected chi connectivity index (χ1v) is 12.2. The van der Waals surface area contributed by atoms with Crippen LogP contribution < -0.4 is 10.1 Å². The number of carbonyl (C=O) groups is 1. The number of unbranched alkanes of at least 4 members (excludes halogenated alkanes) is 5. The number of carbonyl (C=O) groups excluding carboxylic acids is 1. The molecule has 32 heavy (non-hydrogen) atoms. The number of halogens is 2. The fraction of sp³-hybridized carbons (Fsp3) is 0.462. The summed E-state index contributed by atoms with van der Waals surface area (Å²) >= 11 is 3.47. The molecule has 0 aliphatic rings. The average Bonchev–Trinajstić information content (AvgIpc) is 2.77. The largest absolute Gasteiger partial charge is 0.478 e. The number of nitrogens with zero attached hydrogens (tertiary/aromatic N) is 1. The number of aromatic nitrogens is 1. The standard InChI is InChI=1S/C26H34BrFN2O2/c1-19(2)18-29-26(31)25(28)20(3)11-9-7-5-4-6-8-10-16-32-24-15-12-21-17-22(27)13-14-23(21)30-24/h9,11-15,17,19H,4-8,10,16,18H2,1-3H3,(H,29,31). The van der Waals surface area contributed by atoms with Gasteiger partial charge in [0.1, 0.15) is 0 Å². The Balaban J connectivity index is 1.56. The average molecular weight is 505 g/mol. The third kappa shape index (κ3) is 9.51. The monoisotopic (exact) mass is 504 g/mol. The Morgan fingerprint density at radius 1 is 1.16 bits per heavy atom. The fourth-order valence-electron chi connectivity index (χ4n) is 3.12. The van der Waals surface area contributed by atoms with Crippen LogP contribution in [0.4, 0.5) is 4.39 Å². The maximum absolute atomic E-state index is 14.0. The number of allylic oxidation sites excluding steroid dienone is 3. The first-order valence-electron chi connectivity index (χ1n) is 11.4. The van der Waals surface area contributed by atoms with Crippen LogP contribution in [0.15, 0.2) is 58.4 Å². The maximum atomic E-state index is 14.0. The highest BCUT2D eigenvalue weighted by Crippen LogP contribution is 2.21. The van der Waals surface area contributed by atoms with E-state index in [1.165, 1.54) is 0 Å². The van der Waals surface area contributed by atoms with Crippen LogP contribution in [0.3, 0.4) is 0 Å². The van der Waals surface area contributed by atoms with Gasteiger partial charge in [-0.1, -0.05) is 61.2 Å². The molecule has 0 aliphatic heterocycles. The van der Waals surface area contributed by atoms with Gasteiger partial charge in [0.25, 0.3) is 5.91 Å². The molecule has 0 saturated heterocycles.